The molecule has 0 fully saturated rings. The van der Waals surface area contributed by atoms with Crippen molar-refractivity contribution in [3.8, 4) is 5.75 Å². The van der Waals surface area contributed by atoms with Crippen molar-refractivity contribution in [2.45, 2.75) is 26.5 Å². The number of aromatic nitrogens is 2. The molecule has 8 nitrogen and oxygen atoms in total. The van der Waals surface area contributed by atoms with Crippen LogP contribution in [-0.4, -0.2) is 28.6 Å². The van der Waals surface area contributed by atoms with E-state index in [1.54, 1.807) is 19.1 Å². The largest absolute Gasteiger partial charge is 0.481 e. The molecule has 8 heteroatoms. The Bertz CT molecular complexity index is 1150. The van der Waals surface area contributed by atoms with Gasteiger partial charge in [0.05, 0.1) is 6.54 Å². The van der Waals surface area contributed by atoms with Crippen molar-refractivity contribution in [2.75, 3.05) is 17.7 Å². The lowest BCUT2D eigenvalue weighted by molar-refractivity contribution is -0.124. The van der Waals surface area contributed by atoms with Gasteiger partial charge >= 0.3 is 5.69 Å². The molecule has 0 saturated heterocycles. The average Bonchev–Trinajstić information content (AvgIpc) is 2.72. The highest BCUT2D eigenvalue weighted by molar-refractivity contribution is 5.97. The fraction of sp³-hybridized carbons (Fsp3) is 0.227. The first-order valence-electron chi connectivity index (χ1n) is 9.45. The number of aryl methyl sites for hydroxylation is 1. The molecule has 0 aliphatic rings. The summed E-state index contributed by atoms with van der Waals surface area (Å²) >= 11 is 0. The second kappa shape index (κ2) is 8.69. The van der Waals surface area contributed by atoms with Gasteiger partial charge in [-0.2, -0.15) is 0 Å². The number of rotatable bonds is 6. The lowest BCUT2D eigenvalue weighted by Gasteiger charge is -2.23. The number of nitrogens with zero attached hydrogens (tertiary/aromatic N) is 2. The van der Waals surface area contributed by atoms with Crippen LogP contribution in [0.1, 0.15) is 18.1 Å². The van der Waals surface area contributed by atoms with Crippen LogP contribution in [0.15, 0.2) is 64.2 Å². The van der Waals surface area contributed by atoms with E-state index in [-0.39, 0.29) is 18.1 Å². The predicted octanol–water partition coefficient (Wildman–Crippen LogP) is 1.91. The molecule has 156 valence electrons. The highest BCUT2D eigenvalue weighted by atomic mass is 16.5. The van der Waals surface area contributed by atoms with Crippen LogP contribution in [-0.2, 0) is 11.3 Å². The van der Waals surface area contributed by atoms with Crippen LogP contribution in [0.2, 0.25) is 0 Å². The minimum Gasteiger partial charge on any atom is -0.481 e. The van der Waals surface area contributed by atoms with E-state index in [4.69, 9.17) is 10.5 Å². The summed E-state index contributed by atoms with van der Waals surface area (Å²) in [6.07, 6.45) is -0.869. The minimum absolute atomic E-state index is 0.0917. The molecule has 1 atom stereocenters. The number of carbonyl (C=O) groups excluding carboxylic acids is 1. The normalized spacial score (nSPS) is 11.7. The molecule has 1 unspecified atom stereocenters. The Morgan fingerprint density at radius 1 is 1.13 bits per heavy atom. The van der Waals surface area contributed by atoms with Crippen molar-refractivity contribution < 1.29 is 9.53 Å². The van der Waals surface area contributed by atoms with Crippen molar-refractivity contribution in [2.24, 2.45) is 0 Å². The number of carbonyl (C=O) groups is 1. The lowest BCUT2D eigenvalue weighted by Crippen LogP contribution is -2.43. The van der Waals surface area contributed by atoms with Gasteiger partial charge in [-0.25, -0.2) is 4.79 Å². The van der Waals surface area contributed by atoms with Crippen LogP contribution in [0.3, 0.4) is 0 Å². The van der Waals surface area contributed by atoms with Crippen molar-refractivity contribution in [3.05, 3.63) is 86.6 Å². The smallest absolute Gasteiger partial charge is 0.330 e. The number of anilines is 2. The SMILES string of the molecule is Cc1ccc(OC(C)C(=O)N(C)c2c(N)n(Cc3ccccc3)c(=O)[nH]c2=O)cc1. The second-order valence-electron chi connectivity index (χ2n) is 7.04. The first-order valence-corrected chi connectivity index (χ1v) is 9.45. The zero-order chi connectivity index (χ0) is 21.8. The van der Waals surface area contributed by atoms with Crippen LogP contribution < -0.4 is 26.6 Å². The number of likely N-dealkylation sites (N-methyl/N-ethyl adjacent to an activating group) is 1. The van der Waals surface area contributed by atoms with E-state index in [0.717, 1.165) is 16.0 Å². The molecule has 0 saturated carbocycles. The van der Waals surface area contributed by atoms with Gasteiger partial charge in [0.1, 0.15) is 11.6 Å². The van der Waals surface area contributed by atoms with Crippen LogP contribution in [0.4, 0.5) is 11.5 Å². The third-order valence-electron chi connectivity index (χ3n) is 4.75. The Balaban J connectivity index is 1.89. The number of hydrogen-bond donors (Lipinski definition) is 2. The second-order valence-corrected chi connectivity index (χ2v) is 7.04. The summed E-state index contributed by atoms with van der Waals surface area (Å²) in [5.74, 6) is -0.0329. The Labute approximate surface area is 173 Å². The van der Waals surface area contributed by atoms with Gasteiger partial charge in [-0.3, -0.25) is 19.1 Å². The molecular formula is C22H24N4O4. The van der Waals surface area contributed by atoms with Gasteiger partial charge in [0.25, 0.3) is 11.5 Å². The zero-order valence-electron chi connectivity index (χ0n) is 17.1. The minimum atomic E-state index is -0.869. The highest BCUT2D eigenvalue weighted by Crippen LogP contribution is 2.19. The summed E-state index contributed by atoms with van der Waals surface area (Å²) in [5.41, 5.74) is 6.56. The first kappa shape index (κ1) is 20.9. The Morgan fingerprint density at radius 3 is 2.40 bits per heavy atom. The lowest BCUT2D eigenvalue weighted by atomic mass is 10.2. The quantitative estimate of drug-likeness (QED) is 0.647. The molecule has 0 radical (unpaired) electrons. The molecule has 3 aromatic rings. The van der Waals surface area contributed by atoms with Gasteiger partial charge in [-0.1, -0.05) is 48.0 Å². The van der Waals surface area contributed by atoms with E-state index in [1.165, 1.54) is 11.6 Å². The van der Waals surface area contributed by atoms with E-state index < -0.39 is 23.3 Å². The molecule has 3 N–H and O–H groups in total. The van der Waals surface area contributed by atoms with E-state index in [0.29, 0.717) is 5.75 Å². The van der Waals surface area contributed by atoms with Gasteiger partial charge in [0.15, 0.2) is 11.8 Å². The monoisotopic (exact) mass is 408 g/mol. The van der Waals surface area contributed by atoms with Crippen LogP contribution >= 0.6 is 0 Å². The van der Waals surface area contributed by atoms with Crippen molar-refractivity contribution >= 4 is 17.4 Å². The van der Waals surface area contributed by atoms with Crippen LogP contribution in [0.25, 0.3) is 0 Å². The van der Waals surface area contributed by atoms with Gasteiger partial charge in [-0.15, -0.1) is 0 Å². The van der Waals surface area contributed by atoms with Gasteiger partial charge in [-0.05, 0) is 31.5 Å². The topological polar surface area (TPSA) is 110 Å². The third kappa shape index (κ3) is 4.43. The average molecular weight is 408 g/mol. The number of nitrogens with two attached hydrogens (primary N) is 1. The maximum absolute atomic E-state index is 12.9. The van der Waals surface area contributed by atoms with Crippen LogP contribution in [0.5, 0.6) is 5.75 Å². The van der Waals surface area contributed by atoms with E-state index >= 15 is 0 Å². The summed E-state index contributed by atoms with van der Waals surface area (Å²) in [7, 11) is 1.43. The Kier molecular flexibility index (Phi) is 6.06. The van der Waals surface area contributed by atoms with Gasteiger partial charge < -0.3 is 15.4 Å². The molecule has 0 spiro atoms. The Hall–Kier alpha value is -3.81. The van der Waals surface area contributed by atoms with E-state index in [2.05, 4.69) is 4.98 Å². The number of aromatic amines is 1. The summed E-state index contributed by atoms with van der Waals surface area (Å²) in [5, 5.41) is 0. The highest BCUT2D eigenvalue weighted by Gasteiger charge is 2.26. The molecular weight excluding hydrogens is 384 g/mol. The predicted molar refractivity (Wildman–Crippen MR) is 116 cm³/mol. The summed E-state index contributed by atoms with van der Waals surface area (Å²) < 4.78 is 6.91. The fourth-order valence-electron chi connectivity index (χ4n) is 3.08. The Morgan fingerprint density at radius 2 is 1.77 bits per heavy atom. The number of benzene rings is 2. The third-order valence-corrected chi connectivity index (χ3v) is 4.75. The summed E-state index contributed by atoms with van der Waals surface area (Å²) in [6, 6.07) is 16.5. The first-order chi connectivity index (χ1) is 14.3. The van der Waals surface area contributed by atoms with Crippen LogP contribution in [0, 0.1) is 6.92 Å². The van der Waals surface area contributed by atoms with Crippen molar-refractivity contribution in [1.29, 1.82) is 0 Å². The van der Waals surface area contributed by atoms with Crippen molar-refractivity contribution in [1.82, 2.24) is 9.55 Å². The van der Waals surface area contributed by atoms with Gasteiger partial charge in [0.2, 0.25) is 0 Å². The molecule has 0 aliphatic carbocycles. The molecule has 30 heavy (non-hydrogen) atoms. The molecule has 0 aliphatic heterocycles. The number of amides is 1. The van der Waals surface area contributed by atoms with E-state index in [1.807, 2.05) is 49.4 Å². The van der Waals surface area contributed by atoms with Crippen molar-refractivity contribution in [3.63, 3.8) is 0 Å². The number of hydrogen-bond acceptors (Lipinski definition) is 5. The fourth-order valence-corrected chi connectivity index (χ4v) is 3.08. The summed E-state index contributed by atoms with van der Waals surface area (Å²) in [4.78, 5) is 41.0. The number of nitrogen functional groups attached to an aromatic ring is 1. The number of ether oxygens (including phenoxy) is 1. The zero-order valence-corrected chi connectivity index (χ0v) is 17.1. The molecule has 3 rings (SSSR count). The number of H-pyrrole nitrogens is 1. The molecule has 0 bridgehead atoms. The summed E-state index contributed by atoms with van der Waals surface area (Å²) in [6.45, 7) is 3.70. The maximum atomic E-state index is 12.9. The molecule has 1 amide bonds. The molecule has 1 aromatic heterocycles. The molecule has 2 aromatic carbocycles. The van der Waals surface area contributed by atoms with E-state index in [9.17, 15) is 14.4 Å². The standard InChI is InChI=1S/C22H24N4O4/c1-14-9-11-17(12-10-14)30-15(2)21(28)25(3)18-19(23)26(22(29)24-20(18)27)13-16-7-5-4-6-8-16/h4-12,15H,13,23H2,1-3H3,(H,24,27,29). The number of nitrogens with one attached hydrogen (secondary N) is 1. The van der Waals surface area contributed by atoms with Gasteiger partial charge in [0, 0.05) is 7.05 Å². The molecule has 1 heterocycles. The maximum Gasteiger partial charge on any atom is 0.330 e.